The van der Waals surface area contributed by atoms with Crippen molar-refractivity contribution in [2.75, 3.05) is 20.6 Å². The minimum atomic E-state index is -0.218. The average Bonchev–Trinajstić information content (AvgIpc) is 1.97. The van der Waals surface area contributed by atoms with Crippen LogP contribution in [0.4, 0.5) is 4.79 Å². The first kappa shape index (κ1) is 7.68. The van der Waals surface area contributed by atoms with Gasteiger partial charge < -0.3 is 0 Å². The molecule has 1 aliphatic rings. The van der Waals surface area contributed by atoms with Crippen LogP contribution in [0.1, 0.15) is 0 Å². The second-order valence-electron chi connectivity index (χ2n) is 2.65. The molecule has 0 spiro atoms. The van der Waals surface area contributed by atoms with E-state index in [9.17, 15) is 9.59 Å². The average molecular weight is 208 g/mol. The fraction of sp³-hybridized carbons (Fsp3) is 0.600. The summed E-state index contributed by atoms with van der Waals surface area (Å²) < 4.78 is 1.06. The van der Waals surface area contributed by atoms with Gasteiger partial charge in [-0.25, -0.2) is 13.5 Å². The van der Waals surface area contributed by atoms with Crippen molar-refractivity contribution in [1.29, 1.82) is 0 Å². The lowest BCUT2D eigenvalue weighted by molar-refractivity contribution is -0.722. The molecule has 0 aromatic heterocycles. The first-order valence-electron chi connectivity index (χ1n) is 2.81. The van der Waals surface area contributed by atoms with Crippen LogP contribution < -0.4 is 0 Å². The summed E-state index contributed by atoms with van der Waals surface area (Å²) in [5.41, 5.74) is 0. The highest BCUT2D eigenvalue weighted by Crippen LogP contribution is 2.17. The van der Waals surface area contributed by atoms with E-state index in [1.807, 2.05) is 0 Å². The highest BCUT2D eigenvalue weighted by atomic mass is 79.9. The summed E-state index contributed by atoms with van der Waals surface area (Å²) in [5, 5.41) is 0. The predicted molar refractivity (Wildman–Crippen MR) is 38.1 cm³/mol. The summed E-state index contributed by atoms with van der Waals surface area (Å²) in [4.78, 5) is 22.1. The molecule has 0 atom stereocenters. The Morgan fingerprint density at radius 3 is 2.10 bits per heavy atom. The number of amides is 3. The molecule has 10 heavy (non-hydrogen) atoms. The van der Waals surface area contributed by atoms with Gasteiger partial charge in [-0.05, 0) is 0 Å². The van der Waals surface area contributed by atoms with Crippen LogP contribution in [0.5, 0.6) is 0 Å². The van der Waals surface area contributed by atoms with Crippen LogP contribution in [-0.4, -0.2) is 41.0 Å². The van der Waals surface area contributed by atoms with Crippen LogP contribution in [0, 0.1) is 0 Å². The molecule has 0 aromatic carbocycles. The lowest BCUT2D eigenvalue weighted by Gasteiger charge is -2.14. The third-order valence-electron chi connectivity index (χ3n) is 1.58. The molecule has 0 radical (unpaired) electrons. The minimum absolute atomic E-state index is 0.0955. The minimum Gasteiger partial charge on any atom is -0.228 e. The second kappa shape index (κ2) is 2.03. The molecule has 0 bridgehead atoms. The Hall–Kier alpha value is -0.420. The van der Waals surface area contributed by atoms with E-state index in [1.54, 1.807) is 14.1 Å². The van der Waals surface area contributed by atoms with Gasteiger partial charge in [-0.1, -0.05) is 0 Å². The highest BCUT2D eigenvalue weighted by molar-refractivity contribution is 9.07. The van der Waals surface area contributed by atoms with E-state index in [1.165, 1.54) is 3.93 Å². The number of quaternary nitrogens is 1. The Morgan fingerprint density at radius 1 is 1.50 bits per heavy atom. The van der Waals surface area contributed by atoms with Gasteiger partial charge in [0.15, 0.2) is 6.54 Å². The molecule has 1 aliphatic heterocycles. The zero-order valence-corrected chi connectivity index (χ0v) is 7.38. The van der Waals surface area contributed by atoms with Gasteiger partial charge in [0.1, 0.15) is 0 Å². The van der Waals surface area contributed by atoms with Gasteiger partial charge in [-0.2, -0.15) is 4.48 Å². The number of urea groups is 1. The molecule has 0 aliphatic carbocycles. The quantitative estimate of drug-likeness (QED) is 0.327. The first-order chi connectivity index (χ1) is 4.46. The molecule has 5 heteroatoms. The Morgan fingerprint density at radius 2 is 2.00 bits per heavy atom. The number of hydrogen-bond donors (Lipinski definition) is 0. The third-order valence-corrected chi connectivity index (χ3v) is 2.14. The Kier molecular flexibility index (Phi) is 1.56. The van der Waals surface area contributed by atoms with Gasteiger partial charge in [0.05, 0.1) is 30.2 Å². The molecule has 1 fully saturated rings. The molecular formula is C5H8BrN2O2+. The van der Waals surface area contributed by atoms with Crippen LogP contribution in [0.2, 0.25) is 0 Å². The highest BCUT2D eigenvalue weighted by Gasteiger charge is 2.47. The molecular weight excluding hydrogens is 200 g/mol. The molecule has 1 rings (SSSR count). The fourth-order valence-electron chi connectivity index (χ4n) is 0.741. The van der Waals surface area contributed by atoms with Crippen molar-refractivity contribution in [2.45, 2.75) is 0 Å². The summed E-state index contributed by atoms with van der Waals surface area (Å²) in [7, 11) is 3.15. The Bertz CT molecular complexity index is 202. The van der Waals surface area contributed by atoms with Crippen LogP contribution in [0.15, 0.2) is 0 Å². The Balaban J connectivity index is 2.96. The zero-order valence-electron chi connectivity index (χ0n) is 5.80. The third kappa shape index (κ3) is 0.856. The molecule has 0 unspecified atom stereocenters. The van der Waals surface area contributed by atoms with Crippen molar-refractivity contribution in [2.24, 2.45) is 0 Å². The molecule has 0 saturated carbocycles. The van der Waals surface area contributed by atoms with Gasteiger partial charge in [-0.15, -0.1) is 0 Å². The topological polar surface area (TPSA) is 37.4 Å². The normalized spacial score (nSPS) is 24.1. The number of carbonyl (C=O) groups excluding carboxylic acids is 2. The lowest BCUT2D eigenvalue weighted by atomic mass is 10.5. The van der Waals surface area contributed by atoms with E-state index < -0.39 is 0 Å². The van der Waals surface area contributed by atoms with Crippen molar-refractivity contribution >= 4 is 28.1 Å². The largest absolute Gasteiger partial charge is 0.436 e. The first-order valence-corrected chi connectivity index (χ1v) is 3.52. The monoisotopic (exact) mass is 207 g/mol. The number of imide groups is 1. The molecule has 0 N–H and O–H groups in total. The van der Waals surface area contributed by atoms with Crippen molar-refractivity contribution < 1.29 is 14.1 Å². The van der Waals surface area contributed by atoms with Gasteiger partial charge in [0.2, 0.25) is 0 Å². The molecule has 56 valence electrons. The maximum absolute atomic E-state index is 11.1. The van der Waals surface area contributed by atoms with Crippen molar-refractivity contribution in [3.8, 4) is 0 Å². The molecule has 0 aromatic rings. The van der Waals surface area contributed by atoms with E-state index >= 15 is 0 Å². The second-order valence-corrected chi connectivity index (χ2v) is 3.51. The van der Waals surface area contributed by atoms with Gasteiger partial charge in [-0.3, -0.25) is 0 Å². The van der Waals surface area contributed by atoms with Crippen molar-refractivity contribution in [3.63, 3.8) is 0 Å². The van der Waals surface area contributed by atoms with E-state index in [0.717, 1.165) is 0 Å². The number of carbonyl (C=O) groups is 2. The lowest BCUT2D eigenvalue weighted by Crippen LogP contribution is -2.45. The van der Waals surface area contributed by atoms with Gasteiger partial charge in [0, 0.05) is 0 Å². The summed E-state index contributed by atoms with van der Waals surface area (Å²) in [6.07, 6.45) is 0. The van der Waals surface area contributed by atoms with Gasteiger partial charge >= 0.3 is 11.9 Å². The SMILES string of the molecule is C[N+]1(C)C(=O)CN(Br)C1=O. The summed E-state index contributed by atoms with van der Waals surface area (Å²) >= 11 is 2.97. The van der Waals surface area contributed by atoms with Crippen molar-refractivity contribution in [3.05, 3.63) is 0 Å². The number of likely N-dealkylation sites (N-methyl/N-ethyl adjacent to an activating group) is 1. The smallest absolute Gasteiger partial charge is 0.228 e. The summed E-state index contributed by atoms with van der Waals surface area (Å²) in [5.74, 6) is -0.0955. The van der Waals surface area contributed by atoms with Crippen LogP contribution in [-0.2, 0) is 4.79 Å². The van der Waals surface area contributed by atoms with E-state index in [0.29, 0.717) is 0 Å². The number of halogens is 1. The van der Waals surface area contributed by atoms with Crippen LogP contribution in [0.3, 0.4) is 0 Å². The van der Waals surface area contributed by atoms with Crippen LogP contribution in [0.25, 0.3) is 0 Å². The van der Waals surface area contributed by atoms with E-state index in [2.05, 4.69) is 16.1 Å². The predicted octanol–water partition coefficient (Wildman–Crippen LogP) is 0.335. The number of nitrogens with zero attached hydrogens (tertiary/aromatic N) is 2. The molecule has 1 heterocycles. The van der Waals surface area contributed by atoms with E-state index in [-0.39, 0.29) is 23.0 Å². The molecule has 1 saturated heterocycles. The Labute approximate surface area is 67.3 Å². The van der Waals surface area contributed by atoms with Crippen molar-refractivity contribution in [1.82, 2.24) is 3.93 Å². The summed E-state index contributed by atoms with van der Waals surface area (Å²) in [6.45, 7) is 0.159. The maximum Gasteiger partial charge on any atom is 0.436 e. The van der Waals surface area contributed by atoms with E-state index in [4.69, 9.17) is 0 Å². The summed E-state index contributed by atoms with van der Waals surface area (Å²) in [6, 6.07) is -0.218. The molecule has 3 amide bonds. The standard InChI is InChI=1S/C5H8BrN2O2/c1-8(2)4(9)3-7(6)5(8)10/h3H2,1-2H3/q+1. The molecule has 4 nitrogen and oxygen atoms in total. The van der Waals surface area contributed by atoms with Crippen LogP contribution >= 0.6 is 16.1 Å². The van der Waals surface area contributed by atoms with Gasteiger partial charge in [0.25, 0.3) is 0 Å². The number of hydrogen-bond acceptors (Lipinski definition) is 2. The maximum atomic E-state index is 11.1. The number of rotatable bonds is 0. The zero-order chi connectivity index (χ0) is 7.94. The fourth-order valence-corrected chi connectivity index (χ4v) is 1.35.